The van der Waals surface area contributed by atoms with Crippen LogP contribution >= 0.6 is 0 Å². The zero-order valence-electron chi connectivity index (χ0n) is 11.6. The molecule has 0 unspecified atom stereocenters. The molecule has 1 fully saturated rings. The molecule has 1 saturated heterocycles. The fourth-order valence-electron chi connectivity index (χ4n) is 2.39. The molecule has 0 spiro atoms. The van der Waals surface area contributed by atoms with E-state index in [1.165, 1.54) is 11.0 Å². The summed E-state index contributed by atoms with van der Waals surface area (Å²) in [6.45, 7) is 1.98. The van der Waals surface area contributed by atoms with Gasteiger partial charge in [-0.25, -0.2) is 0 Å². The monoisotopic (exact) mass is 311 g/mol. The van der Waals surface area contributed by atoms with Gasteiger partial charge in [-0.05, 0) is 31.5 Å². The number of halogens is 3. The van der Waals surface area contributed by atoms with Gasteiger partial charge in [0.05, 0.1) is 5.56 Å². The lowest BCUT2D eigenvalue weighted by Gasteiger charge is -2.18. The second-order valence-electron chi connectivity index (χ2n) is 5.06. The van der Waals surface area contributed by atoms with E-state index < -0.39 is 11.7 Å². The zero-order chi connectivity index (χ0) is 15.9. The minimum Gasteiger partial charge on any atom is -0.334 e. The minimum atomic E-state index is -4.53. The number of carbonyl (C=O) groups excluding carboxylic acids is 1. The third-order valence-corrected chi connectivity index (χ3v) is 3.40. The van der Waals surface area contributed by atoms with Crippen LogP contribution in [-0.2, 0) is 11.0 Å². The SMILES string of the molecule is Cc1noc(-c2cc(N3CCCC3=O)cc(C(F)(F)F)c2)n1. The van der Waals surface area contributed by atoms with Gasteiger partial charge in [0, 0.05) is 24.2 Å². The van der Waals surface area contributed by atoms with Gasteiger partial charge in [-0.15, -0.1) is 0 Å². The first-order chi connectivity index (χ1) is 10.3. The van der Waals surface area contributed by atoms with Crippen molar-refractivity contribution in [2.45, 2.75) is 25.9 Å². The number of amides is 1. The Morgan fingerprint density at radius 1 is 1.27 bits per heavy atom. The Bertz CT molecular complexity index is 724. The van der Waals surface area contributed by atoms with Crippen LogP contribution in [0.3, 0.4) is 0 Å². The molecule has 5 nitrogen and oxygen atoms in total. The van der Waals surface area contributed by atoms with E-state index in [0.717, 1.165) is 12.1 Å². The van der Waals surface area contributed by atoms with Crippen LogP contribution in [0.4, 0.5) is 18.9 Å². The number of hydrogen-bond donors (Lipinski definition) is 0. The second kappa shape index (κ2) is 5.11. The van der Waals surface area contributed by atoms with Crippen molar-refractivity contribution in [3.05, 3.63) is 29.6 Å². The van der Waals surface area contributed by atoms with Gasteiger partial charge in [-0.2, -0.15) is 18.2 Å². The van der Waals surface area contributed by atoms with Crippen molar-refractivity contribution in [2.24, 2.45) is 0 Å². The Hall–Kier alpha value is -2.38. The van der Waals surface area contributed by atoms with Gasteiger partial charge in [0.2, 0.25) is 5.91 Å². The molecule has 1 amide bonds. The predicted octanol–water partition coefficient (Wildman–Crippen LogP) is 3.19. The lowest BCUT2D eigenvalue weighted by molar-refractivity contribution is -0.137. The summed E-state index contributed by atoms with van der Waals surface area (Å²) in [7, 11) is 0. The smallest absolute Gasteiger partial charge is 0.334 e. The molecule has 8 heteroatoms. The van der Waals surface area contributed by atoms with E-state index in [-0.39, 0.29) is 23.0 Å². The van der Waals surface area contributed by atoms with E-state index in [2.05, 4.69) is 10.1 Å². The molecule has 0 aliphatic carbocycles. The summed E-state index contributed by atoms with van der Waals surface area (Å²) in [6.07, 6.45) is -3.56. The number of nitrogens with zero attached hydrogens (tertiary/aromatic N) is 3. The van der Waals surface area contributed by atoms with Crippen LogP contribution in [-0.4, -0.2) is 22.6 Å². The fraction of sp³-hybridized carbons (Fsp3) is 0.357. The van der Waals surface area contributed by atoms with E-state index in [9.17, 15) is 18.0 Å². The maximum Gasteiger partial charge on any atom is 0.416 e. The Morgan fingerprint density at radius 3 is 2.59 bits per heavy atom. The molecule has 1 aromatic heterocycles. The van der Waals surface area contributed by atoms with Gasteiger partial charge in [-0.1, -0.05) is 5.16 Å². The molecule has 2 aromatic rings. The number of carbonyl (C=O) groups is 1. The maximum atomic E-state index is 13.1. The van der Waals surface area contributed by atoms with Crippen molar-refractivity contribution in [1.29, 1.82) is 0 Å². The molecule has 1 aliphatic heterocycles. The highest BCUT2D eigenvalue weighted by atomic mass is 19.4. The highest BCUT2D eigenvalue weighted by molar-refractivity contribution is 5.96. The van der Waals surface area contributed by atoms with Crippen LogP contribution in [0.1, 0.15) is 24.2 Å². The summed E-state index contributed by atoms with van der Waals surface area (Å²) in [5, 5.41) is 3.58. The number of alkyl halides is 3. The second-order valence-corrected chi connectivity index (χ2v) is 5.06. The Labute approximate surface area is 123 Å². The lowest BCUT2D eigenvalue weighted by atomic mass is 10.1. The van der Waals surface area contributed by atoms with Gasteiger partial charge in [0.1, 0.15) is 0 Å². The number of aryl methyl sites for hydroxylation is 1. The van der Waals surface area contributed by atoms with Gasteiger partial charge >= 0.3 is 6.18 Å². The van der Waals surface area contributed by atoms with Gasteiger partial charge in [-0.3, -0.25) is 4.79 Å². The summed E-state index contributed by atoms with van der Waals surface area (Å²) in [6, 6.07) is 3.37. The van der Waals surface area contributed by atoms with Crippen molar-refractivity contribution >= 4 is 11.6 Å². The van der Waals surface area contributed by atoms with Crippen LogP contribution in [0.15, 0.2) is 22.7 Å². The minimum absolute atomic E-state index is 0.00324. The Balaban J connectivity index is 2.12. The molecule has 2 heterocycles. The standard InChI is InChI=1S/C14H12F3N3O2/c1-8-18-13(22-19-8)9-5-10(14(15,16)17)7-11(6-9)20-4-2-3-12(20)21/h5-7H,2-4H2,1H3. The van der Waals surface area contributed by atoms with E-state index in [1.54, 1.807) is 6.92 Å². The quantitative estimate of drug-likeness (QED) is 0.854. The van der Waals surface area contributed by atoms with E-state index >= 15 is 0 Å². The van der Waals surface area contributed by atoms with Crippen LogP contribution in [0.2, 0.25) is 0 Å². The van der Waals surface area contributed by atoms with Crippen molar-refractivity contribution in [3.63, 3.8) is 0 Å². The molecule has 1 aromatic carbocycles. The summed E-state index contributed by atoms with van der Waals surface area (Å²) < 4.78 is 44.2. The predicted molar refractivity (Wildman–Crippen MR) is 71.1 cm³/mol. The first kappa shape index (κ1) is 14.6. The molecule has 22 heavy (non-hydrogen) atoms. The average Bonchev–Trinajstić information content (AvgIpc) is 3.06. The summed E-state index contributed by atoms with van der Waals surface area (Å²) in [5.41, 5.74) is -0.510. The van der Waals surface area contributed by atoms with Gasteiger partial charge in [0.25, 0.3) is 5.89 Å². The van der Waals surface area contributed by atoms with Crippen LogP contribution < -0.4 is 4.90 Å². The summed E-state index contributed by atoms with van der Waals surface area (Å²) in [5.74, 6) is 0.134. The number of rotatable bonds is 2. The normalized spacial score (nSPS) is 15.6. The topological polar surface area (TPSA) is 59.2 Å². The van der Waals surface area contributed by atoms with Crippen LogP contribution in [0, 0.1) is 6.92 Å². The Morgan fingerprint density at radius 2 is 2.05 bits per heavy atom. The first-order valence-electron chi connectivity index (χ1n) is 6.68. The molecule has 0 bridgehead atoms. The van der Waals surface area contributed by atoms with E-state index in [1.807, 2.05) is 0 Å². The van der Waals surface area contributed by atoms with Crippen molar-refractivity contribution < 1.29 is 22.5 Å². The molecule has 0 radical (unpaired) electrons. The van der Waals surface area contributed by atoms with Crippen molar-refractivity contribution in [2.75, 3.05) is 11.4 Å². The number of hydrogen-bond acceptors (Lipinski definition) is 4. The maximum absolute atomic E-state index is 13.1. The molecular weight excluding hydrogens is 299 g/mol. The molecule has 0 atom stereocenters. The lowest BCUT2D eigenvalue weighted by Crippen LogP contribution is -2.24. The first-order valence-corrected chi connectivity index (χ1v) is 6.68. The highest BCUT2D eigenvalue weighted by Gasteiger charge is 2.33. The fourth-order valence-corrected chi connectivity index (χ4v) is 2.39. The van der Waals surface area contributed by atoms with Crippen molar-refractivity contribution in [1.82, 2.24) is 10.1 Å². The number of benzene rings is 1. The number of anilines is 1. The number of aromatic nitrogens is 2. The molecule has 0 saturated carbocycles. The largest absolute Gasteiger partial charge is 0.416 e. The molecule has 1 aliphatic rings. The summed E-state index contributed by atoms with van der Waals surface area (Å²) in [4.78, 5) is 17.1. The molecule has 0 N–H and O–H groups in total. The van der Waals surface area contributed by atoms with E-state index in [4.69, 9.17) is 4.52 Å². The molecular formula is C14H12F3N3O2. The van der Waals surface area contributed by atoms with Gasteiger partial charge in [0.15, 0.2) is 5.82 Å². The van der Waals surface area contributed by atoms with E-state index in [0.29, 0.717) is 25.2 Å². The molecule has 3 rings (SSSR count). The third kappa shape index (κ3) is 2.68. The Kier molecular flexibility index (Phi) is 3.38. The van der Waals surface area contributed by atoms with Crippen LogP contribution in [0.25, 0.3) is 11.5 Å². The molecule has 116 valence electrons. The van der Waals surface area contributed by atoms with Gasteiger partial charge < -0.3 is 9.42 Å². The third-order valence-electron chi connectivity index (χ3n) is 3.40. The average molecular weight is 311 g/mol. The highest BCUT2D eigenvalue weighted by Crippen LogP contribution is 2.36. The van der Waals surface area contributed by atoms with Crippen molar-refractivity contribution in [3.8, 4) is 11.5 Å². The zero-order valence-corrected chi connectivity index (χ0v) is 11.6. The summed E-state index contributed by atoms with van der Waals surface area (Å²) >= 11 is 0. The van der Waals surface area contributed by atoms with Crippen LogP contribution in [0.5, 0.6) is 0 Å².